The third-order valence-electron chi connectivity index (χ3n) is 3.83. The monoisotopic (exact) mass is 373 g/mol. The Morgan fingerprint density at radius 3 is 1.96 bits per heavy atom. The molecule has 0 aromatic heterocycles. The van der Waals surface area contributed by atoms with Crippen LogP contribution in [-0.2, 0) is 9.59 Å². The van der Waals surface area contributed by atoms with E-state index in [-0.39, 0.29) is 15.6 Å². The van der Waals surface area contributed by atoms with Crippen LogP contribution < -0.4 is 0 Å². The highest BCUT2D eigenvalue weighted by molar-refractivity contribution is 6.34. The van der Waals surface area contributed by atoms with Crippen LogP contribution in [0.1, 0.15) is 11.5 Å². The van der Waals surface area contributed by atoms with Gasteiger partial charge < -0.3 is 0 Å². The van der Waals surface area contributed by atoms with Crippen LogP contribution in [0.15, 0.2) is 18.2 Å². The van der Waals surface area contributed by atoms with Gasteiger partial charge in [-0.3, -0.25) is 29.5 Å². The molecule has 0 N–H and O–H groups in total. The normalized spacial score (nSPS) is 17.4. The number of urea groups is 1. The lowest BCUT2D eigenvalue weighted by molar-refractivity contribution is -0.484. The van der Waals surface area contributed by atoms with Gasteiger partial charge in [-0.25, -0.2) is 4.79 Å². The summed E-state index contributed by atoms with van der Waals surface area (Å²) >= 11 is 11.8. The summed E-state index contributed by atoms with van der Waals surface area (Å²) in [4.78, 5) is 48.6. The maximum absolute atomic E-state index is 12.4. The number of rotatable bonds is 4. The topological polar surface area (TPSA) is 101 Å². The summed E-state index contributed by atoms with van der Waals surface area (Å²) < 4.78 is 0. The molecule has 0 aliphatic carbocycles. The zero-order chi connectivity index (χ0) is 18.2. The third-order valence-corrected chi connectivity index (χ3v) is 4.26. The highest BCUT2D eigenvalue weighted by atomic mass is 35.5. The highest BCUT2D eigenvalue weighted by Gasteiger charge is 2.48. The van der Waals surface area contributed by atoms with Gasteiger partial charge in [0.25, 0.3) is 0 Å². The molecule has 24 heavy (non-hydrogen) atoms. The van der Waals surface area contributed by atoms with E-state index in [0.29, 0.717) is 0 Å². The first-order chi connectivity index (χ1) is 11.1. The van der Waals surface area contributed by atoms with Gasteiger partial charge in [-0.1, -0.05) is 23.2 Å². The van der Waals surface area contributed by atoms with Crippen molar-refractivity contribution >= 4 is 41.0 Å². The molecule has 0 spiro atoms. The number of barbiturate groups is 1. The lowest BCUT2D eigenvalue weighted by atomic mass is 9.83. The molecule has 1 aromatic rings. The quantitative estimate of drug-likeness (QED) is 0.456. The van der Waals surface area contributed by atoms with Crippen molar-refractivity contribution in [3.63, 3.8) is 0 Å². The predicted molar refractivity (Wildman–Crippen MR) is 85.5 cm³/mol. The van der Waals surface area contributed by atoms with Crippen LogP contribution in [-0.4, -0.2) is 53.2 Å². The lowest BCUT2D eigenvalue weighted by Gasteiger charge is -2.35. The molecule has 1 unspecified atom stereocenters. The summed E-state index contributed by atoms with van der Waals surface area (Å²) in [5.74, 6) is -4.11. The Bertz CT molecular complexity index is 695. The minimum Gasteiger partial charge on any atom is -0.273 e. The van der Waals surface area contributed by atoms with E-state index in [1.807, 2.05) is 0 Å². The zero-order valence-corrected chi connectivity index (χ0v) is 14.2. The van der Waals surface area contributed by atoms with Crippen molar-refractivity contribution in [3.05, 3.63) is 43.9 Å². The number of halogens is 2. The number of nitro groups is 1. The molecule has 1 aliphatic heterocycles. The second-order valence-corrected chi connectivity index (χ2v) is 6.25. The van der Waals surface area contributed by atoms with Gasteiger partial charge in [0.1, 0.15) is 5.92 Å². The van der Waals surface area contributed by atoms with Gasteiger partial charge in [-0.05, 0) is 23.8 Å². The average Bonchev–Trinajstić information content (AvgIpc) is 2.49. The maximum Gasteiger partial charge on any atom is 0.332 e. The number of carbonyl (C=O) groups is 3. The third kappa shape index (κ3) is 3.34. The molecule has 1 fully saturated rings. The molecular weight excluding hydrogens is 361 g/mol. The van der Waals surface area contributed by atoms with E-state index in [1.54, 1.807) is 0 Å². The van der Waals surface area contributed by atoms with E-state index in [4.69, 9.17) is 23.2 Å². The Balaban J connectivity index is 2.54. The lowest BCUT2D eigenvalue weighted by Crippen LogP contribution is -2.58. The Morgan fingerprint density at radius 1 is 1.08 bits per heavy atom. The van der Waals surface area contributed by atoms with E-state index in [0.717, 1.165) is 9.80 Å². The molecule has 8 nitrogen and oxygen atoms in total. The summed E-state index contributed by atoms with van der Waals surface area (Å²) in [6, 6.07) is 3.48. The Hall–Kier alpha value is -2.19. The zero-order valence-electron chi connectivity index (χ0n) is 12.7. The van der Waals surface area contributed by atoms with E-state index < -0.39 is 41.1 Å². The molecule has 4 amide bonds. The number of nitrogens with zero attached hydrogens (tertiary/aromatic N) is 3. The second-order valence-electron chi connectivity index (χ2n) is 5.38. The van der Waals surface area contributed by atoms with Crippen LogP contribution in [0.5, 0.6) is 0 Å². The molecule has 1 heterocycles. The molecule has 0 saturated carbocycles. The van der Waals surface area contributed by atoms with Crippen LogP contribution in [0.25, 0.3) is 0 Å². The summed E-state index contributed by atoms with van der Waals surface area (Å²) in [5.41, 5.74) is 0.284. The first-order valence-electron chi connectivity index (χ1n) is 6.80. The molecule has 2 rings (SSSR count). The molecule has 128 valence electrons. The second kappa shape index (κ2) is 6.74. The summed E-state index contributed by atoms with van der Waals surface area (Å²) in [7, 11) is 2.43. The van der Waals surface area contributed by atoms with Gasteiger partial charge in [-0.2, -0.15) is 0 Å². The van der Waals surface area contributed by atoms with Crippen LogP contribution in [0.3, 0.4) is 0 Å². The predicted octanol–water partition coefficient (Wildman–Crippen LogP) is 2.02. The van der Waals surface area contributed by atoms with Crippen molar-refractivity contribution < 1.29 is 19.3 Å². The minimum atomic E-state index is -1.40. The van der Waals surface area contributed by atoms with E-state index in [1.165, 1.54) is 32.3 Å². The smallest absolute Gasteiger partial charge is 0.273 e. The average molecular weight is 374 g/mol. The first-order valence-corrected chi connectivity index (χ1v) is 7.56. The van der Waals surface area contributed by atoms with Crippen molar-refractivity contribution in [1.29, 1.82) is 0 Å². The number of hydrogen-bond donors (Lipinski definition) is 0. The summed E-state index contributed by atoms with van der Waals surface area (Å²) in [6.07, 6.45) is 0. The Morgan fingerprint density at radius 2 is 1.54 bits per heavy atom. The fourth-order valence-corrected chi connectivity index (χ4v) is 3.18. The molecule has 1 aliphatic rings. The van der Waals surface area contributed by atoms with Crippen LogP contribution in [0.2, 0.25) is 10.0 Å². The van der Waals surface area contributed by atoms with Gasteiger partial charge in [0.2, 0.25) is 18.4 Å². The standard InChI is InChI=1S/C14H13Cl2N3O5/c1-17-12(20)11(13(21)18(2)14(17)22)10(6-19(23)24)7-3-8(15)5-9(16)4-7/h3-5,10-11H,6H2,1-2H3. The molecule has 1 saturated heterocycles. The molecular formula is C14H13Cl2N3O5. The van der Waals surface area contributed by atoms with Crippen molar-refractivity contribution in [2.24, 2.45) is 5.92 Å². The SMILES string of the molecule is CN1C(=O)C(C(C[N+](=O)[O-])c2cc(Cl)cc(Cl)c2)C(=O)N(C)C1=O. The Labute approximate surface area is 147 Å². The van der Waals surface area contributed by atoms with Crippen molar-refractivity contribution in [2.45, 2.75) is 5.92 Å². The van der Waals surface area contributed by atoms with Gasteiger partial charge in [0, 0.05) is 29.1 Å². The van der Waals surface area contributed by atoms with Gasteiger partial charge in [-0.15, -0.1) is 0 Å². The highest BCUT2D eigenvalue weighted by Crippen LogP contribution is 2.34. The molecule has 1 atom stereocenters. The van der Waals surface area contributed by atoms with Crippen molar-refractivity contribution in [3.8, 4) is 0 Å². The number of imide groups is 2. The summed E-state index contributed by atoms with van der Waals surface area (Å²) in [5, 5.41) is 11.5. The molecule has 10 heteroatoms. The molecule has 0 bridgehead atoms. The largest absolute Gasteiger partial charge is 0.332 e. The van der Waals surface area contributed by atoms with Crippen LogP contribution >= 0.6 is 23.2 Å². The van der Waals surface area contributed by atoms with Gasteiger partial charge >= 0.3 is 6.03 Å². The van der Waals surface area contributed by atoms with Gasteiger partial charge in [0.15, 0.2) is 0 Å². The molecule has 0 radical (unpaired) electrons. The fraction of sp³-hybridized carbons (Fsp3) is 0.357. The van der Waals surface area contributed by atoms with Crippen molar-refractivity contribution in [1.82, 2.24) is 9.80 Å². The fourth-order valence-electron chi connectivity index (χ4n) is 2.63. The van der Waals surface area contributed by atoms with E-state index in [9.17, 15) is 24.5 Å². The minimum absolute atomic E-state index is 0.222. The molecule has 1 aromatic carbocycles. The van der Waals surface area contributed by atoms with Gasteiger partial charge in [0.05, 0.1) is 5.92 Å². The van der Waals surface area contributed by atoms with E-state index in [2.05, 4.69) is 0 Å². The number of benzene rings is 1. The maximum atomic E-state index is 12.4. The van der Waals surface area contributed by atoms with E-state index >= 15 is 0 Å². The first kappa shape index (κ1) is 18.2. The summed E-state index contributed by atoms with van der Waals surface area (Å²) in [6.45, 7) is -0.686. The van der Waals surface area contributed by atoms with Crippen LogP contribution in [0, 0.1) is 16.0 Å². The number of amides is 4. The Kier molecular flexibility index (Phi) is 5.10. The van der Waals surface area contributed by atoms with Crippen molar-refractivity contribution in [2.75, 3.05) is 20.6 Å². The number of carbonyl (C=O) groups excluding carboxylic acids is 3. The van der Waals surface area contributed by atoms with Crippen LogP contribution in [0.4, 0.5) is 4.79 Å². The number of hydrogen-bond acceptors (Lipinski definition) is 5.